The van der Waals surface area contributed by atoms with Gasteiger partial charge in [0.15, 0.2) is 0 Å². The summed E-state index contributed by atoms with van der Waals surface area (Å²) in [4.78, 5) is 14.3. The summed E-state index contributed by atoms with van der Waals surface area (Å²) in [5, 5.41) is 0. The van der Waals surface area contributed by atoms with Gasteiger partial charge in [-0.25, -0.2) is 9.97 Å². The molecule has 206 valence electrons. The van der Waals surface area contributed by atoms with Crippen LogP contribution in [0.3, 0.4) is 0 Å². The first kappa shape index (κ1) is 26.2. The zero-order valence-corrected chi connectivity index (χ0v) is 23.9. The van der Waals surface area contributed by atoms with Gasteiger partial charge in [0.05, 0.1) is 22.4 Å². The van der Waals surface area contributed by atoms with E-state index in [1.807, 2.05) is 49.4 Å². The van der Waals surface area contributed by atoms with Crippen molar-refractivity contribution in [2.45, 2.75) is 6.92 Å². The third kappa shape index (κ3) is 5.34. The minimum atomic E-state index is 0.901. The molecule has 43 heavy (non-hydrogen) atoms. The fraction of sp³-hybridized carbons (Fsp3) is 0.0256. The number of rotatable bonds is 7. The number of benzene rings is 6. The van der Waals surface area contributed by atoms with Gasteiger partial charge in [-0.05, 0) is 91.9 Å². The molecule has 0 fully saturated rings. The van der Waals surface area contributed by atoms with Gasteiger partial charge in [-0.2, -0.15) is 0 Å². The first-order valence-electron chi connectivity index (χ1n) is 14.4. The van der Waals surface area contributed by atoms with Crippen molar-refractivity contribution >= 4 is 45.2 Å². The molecule has 0 unspecified atom stereocenters. The van der Waals surface area contributed by atoms with Crippen LogP contribution in [-0.4, -0.2) is 9.97 Å². The van der Waals surface area contributed by atoms with Gasteiger partial charge in [0.2, 0.25) is 0 Å². The molecule has 0 bridgehead atoms. The molecule has 0 spiro atoms. The molecule has 0 saturated carbocycles. The number of para-hydroxylation sites is 5. The summed E-state index contributed by atoms with van der Waals surface area (Å²) in [6, 6.07) is 56.8. The molecule has 7 aromatic rings. The maximum Gasteiger partial charge on any atom is 0.0922 e. The topological polar surface area (TPSA) is 32.3 Å². The molecule has 0 aliphatic rings. The van der Waals surface area contributed by atoms with Crippen molar-refractivity contribution in [3.05, 3.63) is 169 Å². The Balaban J connectivity index is 1.26. The highest BCUT2D eigenvalue weighted by molar-refractivity contribution is 5.83. The summed E-state index contributed by atoms with van der Waals surface area (Å²) in [5.74, 6) is 0. The van der Waals surface area contributed by atoms with Crippen LogP contribution in [0.25, 0.3) is 22.3 Å². The van der Waals surface area contributed by atoms with Crippen LogP contribution >= 0.6 is 0 Å². The summed E-state index contributed by atoms with van der Waals surface area (Å²) >= 11 is 0. The van der Waals surface area contributed by atoms with Crippen molar-refractivity contribution in [3.63, 3.8) is 0 Å². The van der Waals surface area contributed by atoms with E-state index < -0.39 is 0 Å². The number of aromatic nitrogens is 2. The fourth-order valence-corrected chi connectivity index (χ4v) is 5.51. The standard InChI is InChI=1S/C39H30N4/c1-29-39(41-38-20-12-11-19-37(38)40-29)30-21-23-34(24-22-30)43(33-17-9-4-10-18-33)36-27-25-35(26-28-36)42(31-13-5-2-6-14-31)32-15-7-3-8-16-32/h2-28H,1H3. The zero-order chi connectivity index (χ0) is 29.0. The van der Waals surface area contributed by atoms with Gasteiger partial charge in [-0.15, -0.1) is 0 Å². The Morgan fingerprint density at radius 3 is 1.09 bits per heavy atom. The molecule has 1 aromatic heterocycles. The number of aryl methyl sites for hydroxylation is 1. The van der Waals surface area contributed by atoms with E-state index in [1.54, 1.807) is 0 Å². The Kier molecular flexibility index (Phi) is 7.08. The highest BCUT2D eigenvalue weighted by atomic mass is 15.2. The molecule has 0 aliphatic heterocycles. The maximum absolute atomic E-state index is 4.93. The lowest BCUT2D eigenvalue weighted by molar-refractivity contribution is 1.19. The number of fused-ring (bicyclic) bond motifs is 1. The van der Waals surface area contributed by atoms with Crippen molar-refractivity contribution in [3.8, 4) is 11.3 Å². The molecule has 4 nitrogen and oxygen atoms in total. The van der Waals surface area contributed by atoms with E-state index in [4.69, 9.17) is 9.97 Å². The van der Waals surface area contributed by atoms with Crippen LogP contribution in [0.5, 0.6) is 0 Å². The van der Waals surface area contributed by atoms with Crippen LogP contribution in [-0.2, 0) is 0 Å². The quantitative estimate of drug-likeness (QED) is 0.196. The highest BCUT2D eigenvalue weighted by Gasteiger charge is 2.16. The second kappa shape index (κ2) is 11.6. The number of hydrogen-bond donors (Lipinski definition) is 0. The van der Waals surface area contributed by atoms with Crippen LogP contribution in [0.2, 0.25) is 0 Å². The SMILES string of the molecule is Cc1nc2ccccc2nc1-c1ccc(N(c2ccccc2)c2ccc(N(c3ccccc3)c3ccccc3)cc2)cc1. The van der Waals surface area contributed by atoms with Gasteiger partial charge in [-0.1, -0.05) is 78.9 Å². The summed E-state index contributed by atoms with van der Waals surface area (Å²) in [7, 11) is 0. The van der Waals surface area contributed by atoms with Crippen molar-refractivity contribution in [2.75, 3.05) is 9.80 Å². The number of nitrogens with zero attached hydrogens (tertiary/aromatic N) is 4. The van der Waals surface area contributed by atoms with Gasteiger partial charge in [0.25, 0.3) is 0 Å². The zero-order valence-electron chi connectivity index (χ0n) is 23.9. The smallest absolute Gasteiger partial charge is 0.0922 e. The summed E-state index contributed by atoms with van der Waals surface area (Å²) in [5.41, 5.74) is 11.2. The van der Waals surface area contributed by atoms with E-state index in [-0.39, 0.29) is 0 Å². The normalized spacial score (nSPS) is 10.9. The summed E-state index contributed by atoms with van der Waals surface area (Å²) in [6.45, 7) is 2.02. The van der Waals surface area contributed by atoms with Gasteiger partial charge in [0, 0.05) is 39.7 Å². The minimum absolute atomic E-state index is 0.901. The first-order chi connectivity index (χ1) is 21.2. The molecule has 6 aromatic carbocycles. The predicted molar refractivity (Wildman–Crippen MR) is 179 cm³/mol. The lowest BCUT2D eigenvalue weighted by atomic mass is 10.1. The molecule has 0 aliphatic carbocycles. The van der Waals surface area contributed by atoms with Gasteiger partial charge in [-0.3, -0.25) is 0 Å². The monoisotopic (exact) mass is 554 g/mol. The third-order valence-corrected chi connectivity index (χ3v) is 7.55. The molecular formula is C39H30N4. The fourth-order valence-electron chi connectivity index (χ4n) is 5.51. The van der Waals surface area contributed by atoms with Crippen molar-refractivity contribution in [1.29, 1.82) is 0 Å². The number of anilines is 6. The van der Waals surface area contributed by atoms with Crippen molar-refractivity contribution < 1.29 is 0 Å². The molecule has 0 N–H and O–H groups in total. The predicted octanol–water partition coefficient (Wildman–Crippen LogP) is 10.5. The van der Waals surface area contributed by atoms with E-state index in [0.29, 0.717) is 0 Å². The Hall–Kier alpha value is -5.74. The van der Waals surface area contributed by atoms with E-state index >= 15 is 0 Å². The van der Waals surface area contributed by atoms with E-state index in [0.717, 1.165) is 62.1 Å². The second-order valence-corrected chi connectivity index (χ2v) is 10.4. The summed E-state index contributed by atoms with van der Waals surface area (Å²) < 4.78 is 0. The van der Waals surface area contributed by atoms with Crippen molar-refractivity contribution in [1.82, 2.24) is 9.97 Å². The Morgan fingerprint density at radius 2 is 0.674 bits per heavy atom. The third-order valence-electron chi connectivity index (χ3n) is 7.55. The van der Waals surface area contributed by atoms with E-state index in [1.165, 1.54) is 0 Å². The average Bonchev–Trinajstić information content (AvgIpc) is 3.07. The van der Waals surface area contributed by atoms with Crippen LogP contribution in [0.15, 0.2) is 164 Å². The van der Waals surface area contributed by atoms with E-state index in [9.17, 15) is 0 Å². The van der Waals surface area contributed by atoms with E-state index in [2.05, 4.69) is 131 Å². The first-order valence-corrected chi connectivity index (χ1v) is 14.4. The Labute approximate surface area is 252 Å². The molecule has 0 radical (unpaired) electrons. The van der Waals surface area contributed by atoms with Crippen LogP contribution in [0.4, 0.5) is 34.1 Å². The molecular weight excluding hydrogens is 524 g/mol. The minimum Gasteiger partial charge on any atom is -0.311 e. The van der Waals surface area contributed by atoms with Crippen LogP contribution in [0.1, 0.15) is 5.69 Å². The lowest BCUT2D eigenvalue weighted by Crippen LogP contribution is -2.12. The van der Waals surface area contributed by atoms with Gasteiger partial charge in [0.1, 0.15) is 0 Å². The summed E-state index contributed by atoms with van der Waals surface area (Å²) in [6.07, 6.45) is 0. The van der Waals surface area contributed by atoms with Crippen LogP contribution in [0, 0.1) is 6.92 Å². The highest BCUT2D eigenvalue weighted by Crippen LogP contribution is 2.39. The molecule has 7 rings (SSSR count). The Bertz CT molecular complexity index is 1920. The van der Waals surface area contributed by atoms with Gasteiger partial charge >= 0.3 is 0 Å². The second-order valence-electron chi connectivity index (χ2n) is 10.4. The van der Waals surface area contributed by atoms with Gasteiger partial charge < -0.3 is 9.80 Å². The van der Waals surface area contributed by atoms with Crippen molar-refractivity contribution in [2.24, 2.45) is 0 Å². The maximum atomic E-state index is 4.93. The Morgan fingerprint density at radius 1 is 0.349 bits per heavy atom. The molecule has 4 heteroatoms. The largest absolute Gasteiger partial charge is 0.311 e. The average molecular weight is 555 g/mol. The lowest BCUT2D eigenvalue weighted by Gasteiger charge is -2.28. The molecule has 1 heterocycles. The number of hydrogen-bond acceptors (Lipinski definition) is 4. The molecule has 0 amide bonds. The van der Waals surface area contributed by atoms with Crippen LogP contribution < -0.4 is 9.80 Å². The molecule has 0 atom stereocenters. The molecule has 0 saturated heterocycles.